The molecule has 21 heavy (non-hydrogen) atoms. The molecule has 0 saturated heterocycles. The highest BCUT2D eigenvalue weighted by molar-refractivity contribution is 7.12. The first-order valence-electron chi connectivity index (χ1n) is 7.81. The monoisotopic (exact) mass is 302 g/mol. The Hall–Kier alpha value is -1.19. The van der Waals surface area contributed by atoms with E-state index in [1.54, 1.807) is 0 Å². The van der Waals surface area contributed by atoms with Crippen molar-refractivity contribution in [3.63, 3.8) is 0 Å². The van der Waals surface area contributed by atoms with Crippen molar-refractivity contribution in [2.75, 3.05) is 6.54 Å². The lowest BCUT2D eigenvalue weighted by Crippen LogP contribution is -2.18. The number of hydrogen-bond donors (Lipinski definition) is 1. The van der Waals surface area contributed by atoms with Gasteiger partial charge in [-0.3, -0.25) is 0 Å². The van der Waals surface area contributed by atoms with E-state index in [0.717, 1.165) is 25.2 Å². The fourth-order valence-electron chi connectivity index (χ4n) is 2.25. The highest BCUT2D eigenvalue weighted by Gasteiger charge is 2.13. The van der Waals surface area contributed by atoms with E-state index < -0.39 is 0 Å². The van der Waals surface area contributed by atoms with Gasteiger partial charge in [-0.15, -0.1) is 11.3 Å². The quantitative estimate of drug-likeness (QED) is 0.798. The number of rotatable bonds is 7. The summed E-state index contributed by atoms with van der Waals surface area (Å²) in [4.78, 5) is 6.26. The summed E-state index contributed by atoms with van der Waals surface area (Å²) in [7, 11) is 0. The molecule has 1 N–H and O–H groups in total. The number of thiazole rings is 1. The van der Waals surface area contributed by atoms with E-state index in [9.17, 15) is 0 Å². The lowest BCUT2D eigenvalue weighted by atomic mass is 10.1. The van der Waals surface area contributed by atoms with Gasteiger partial charge in [0.2, 0.25) is 0 Å². The summed E-state index contributed by atoms with van der Waals surface area (Å²) in [5, 5.41) is 4.80. The summed E-state index contributed by atoms with van der Waals surface area (Å²) in [6, 6.07) is 10.5. The van der Waals surface area contributed by atoms with Crippen LogP contribution in [0.25, 0.3) is 11.3 Å². The molecule has 0 aliphatic rings. The van der Waals surface area contributed by atoms with E-state index in [1.807, 2.05) is 11.3 Å². The minimum Gasteiger partial charge on any atom is -0.312 e. The minimum absolute atomic E-state index is 0.649. The van der Waals surface area contributed by atoms with Crippen LogP contribution < -0.4 is 5.32 Å². The second-order valence-electron chi connectivity index (χ2n) is 6.37. The van der Waals surface area contributed by atoms with Crippen LogP contribution in [-0.2, 0) is 13.0 Å². The predicted octanol–water partition coefficient (Wildman–Crippen LogP) is 4.75. The van der Waals surface area contributed by atoms with Gasteiger partial charge in [0, 0.05) is 23.4 Å². The zero-order valence-corrected chi connectivity index (χ0v) is 14.3. The Morgan fingerprint density at radius 3 is 2.38 bits per heavy atom. The van der Waals surface area contributed by atoms with Crippen LogP contribution in [0.1, 0.15) is 37.6 Å². The second kappa shape index (κ2) is 7.71. The number of aromatic nitrogens is 1. The molecule has 0 aliphatic heterocycles. The first-order valence-corrected chi connectivity index (χ1v) is 8.62. The molecule has 1 aromatic carbocycles. The van der Waals surface area contributed by atoms with Crippen molar-refractivity contribution in [1.82, 2.24) is 10.3 Å². The summed E-state index contributed by atoms with van der Waals surface area (Å²) in [6.45, 7) is 10.9. The minimum atomic E-state index is 0.649. The van der Waals surface area contributed by atoms with Crippen LogP contribution in [0, 0.1) is 11.8 Å². The van der Waals surface area contributed by atoms with Gasteiger partial charge in [0.25, 0.3) is 0 Å². The number of nitrogens with zero attached hydrogens (tertiary/aromatic N) is 1. The predicted molar refractivity (Wildman–Crippen MR) is 92.6 cm³/mol. The lowest BCUT2D eigenvalue weighted by Gasteiger charge is -2.07. The van der Waals surface area contributed by atoms with E-state index in [-0.39, 0.29) is 0 Å². The Bertz CT molecular complexity index is 544. The van der Waals surface area contributed by atoms with Crippen LogP contribution in [0.4, 0.5) is 0 Å². The van der Waals surface area contributed by atoms with Crippen molar-refractivity contribution in [3.8, 4) is 11.3 Å². The van der Waals surface area contributed by atoms with E-state index in [1.165, 1.54) is 15.4 Å². The second-order valence-corrected chi connectivity index (χ2v) is 7.54. The van der Waals surface area contributed by atoms with E-state index in [0.29, 0.717) is 11.8 Å². The fraction of sp³-hybridized carbons (Fsp3) is 0.500. The molecule has 114 valence electrons. The average molecular weight is 302 g/mol. The SMILES string of the molecule is CC(C)CNCc1sc(CC(C)C)nc1-c1ccccc1. The van der Waals surface area contributed by atoms with Crippen LogP contribution in [-0.4, -0.2) is 11.5 Å². The third-order valence-corrected chi connectivity index (χ3v) is 4.29. The fourth-order valence-corrected chi connectivity index (χ4v) is 3.53. The molecule has 0 bridgehead atoms. The number of benzene rings is 1. The summed E-state index contributed by atoms with van der Waals surface area (Å²) < 4.78 is 0. The summed E-state index contributed by atoms with van der Waals surface area (Å²) >= 11 is 1.86. The molecule has 2 aromatic rings. The zero-order chi connectivity index (χ0) is 15.2. The first kappa shape index (κ1) is 16.2. The standard InChI is InChI=1S/C18H26N2S/c1-13(2)10-17-20-18(15-8-6-5-7-9-15)16(21-17)12-19-11-14(3)4/h5-9,13-14,19H,10-12H2,1-4H3. The lowest BCUT2D eigenvalue weighted by molar-refractivity contribution is 0.555. The van der Waals surface area contributed by atoms with Crippen LogP contribution in [0.2, 0.25) is 0 Å². The number of nitrogens with one attached hydrogen (secondary N) is 1. The summed E-state index contributed by atoms with van der Waals surface area (Å²) in [5.41, 5.74) is 2.39. The molecule has 1 heterocycles. The Morgan fingerprint density at radius 1 is 1.05 bits per heavy atom. The zero-order valence-electron chi connectivity index (χ0n) is 13.5. The van der Waals surface area contributed by atoms with Crippen molar-refractivity contribution in [1.29, 1.82) is 0 Å². The van der Waals surface area contributed by atoms with Gasteiger partial charge in [0.1, 0.15) is 0 Å². The Labute approximate surface area is 132 Å². The maximum Gasteiger partial charge on any atom is 0.0938 e. The van der Waals surface area contributed by atoms with Gasteiger partial charge in [-0.05, 0) is 18.4 Å². The Morgan fingerprint density at radius 2 is 1.76 bits per heavy atom. The Kier molecular flexibility index (Phi) is 5.95. The van der Waals surface area contributed by atoms with Crippen molar-refractivity contribution >= 4 is 11.3 Å². The van der Waals surface area contributed by atoms with Crippen molar-refractivity contribution < 1.29 is 0 Å². The van der Waals surface area contributed by atoms with Crippen molar-refractivity contribution in [3.05, 3.63) is 40.2 Å². The first-order chi connectivity index (χ1) is 10.1. The smallest absolute Gasteiger partial charge is 0.0938 e. The highest BCUT2D eigenvalue weighted by atomic mass is 32.1. The summed E-state index contributed by atoms with van der Waals surface area (Å²) in [5.74, 6) is 1.32. The van der Waals surface area contributed by atoms with Crippen LogP contribution in [0.15, 0.2) is 30.3 Å². The molecule has 3 heteroatoms. The average Bonchev–Trinajstić information content (AvgIpc) is 2.81. The third-order valence-electron chi connectivity index (χ3n) is 3.21. The molecule has 0 aliphatic carbocycles. The molecular formula is C18H26N2S. The molecule has 1 aromatic heterocycles. The number of hydrogen-bond acceptors (Lipinski definition) is 3. The molecule has 0 unspecified atom stereocenters. The molecule has 0 fully saturated rings. The van der Waals surface area contributed by atoms with Crippen LogP contribution in [0.3, 0.4) is 0 Å². The van der Waals surface area contributed by atoms with Gasteiger partial charge in [0.15, 0.2) is 0 Å². The highest BCUT2D eigenvalue weighted by Crippen LogP contribution is 2.29. The van der Waals surface area contributed by atoms with Crippen molar-refractivity contribution in [2.24, 2.45) is 11.8 Å². The molecule has 0 amide bonds. The largest absolute Gasteiger partial charge is 0.312 e. The summed E-state index contributed by atoms with van der Waals surface area (Å²) in [6.07, 6.45) is 1.06. The van der Waals surface area contributed by atoms with Gasteiger partial charge in [-0.1, -0.05) is 58.0 Å². The van der Waals surface area contributed by atoms with Gasteiger partial charge in [-0.2, -0.15) is 0 Å². The molecule has 0 radical (unpaired) electrons. The van der Waals surface area contributed by atoms with Crippen LogP contribution in [0.5, 0.6) is 0 Å². The normalized spacial score (nSPS) is 11.5. The van der Waals surface area contributed by atoms with E-state index in [4.69, 9.17) is 4.98 Å². The molecule has 2 rings (SSSR count). The van der Waals surface area contributed by atoms with E-state index >= 15 is 0 Å². The molecule has 2 nitrogen and oxygen atoms in total. The molecule has 0 atom stereocenters. The van der Waals surface area contributed by atoms with Crippen molar-refractivity contribution in [2.45, 2.75) is 40.7 Å². The van der Waals surface area contributed by atoms with Gasteiger partial charge < -0.3 is 5.32 Å². The van der Waals surface area contributed by atoms with Gasteiger partial charge >= 0.3 is 0 Å². The van der Waals surface area contributed by atoms with Gasteiger partial charge in [0.05, 0.1) is 10.7 Å². The maximum atomic E-state index is 4.90. The maximum absolute atomic E-state index is 4.90. The Balaban J connectivity index is 2.21. The molecule has 0 saturated carbocycles. The van der Waals surface area contributed by atoms with Gasteiger partial charge in [-0.25, -0.2) is 4.98 Å². The molecule has 0 spiro atoms. The topological polar surface area (TPSA) is 24.9 Å². The molecular weight excluding hydrogens is 276 g/mol. The van der Waals surface area contributed by atoms with Crippen LogP contribution >= 0.6 is 11.3 Å². The third kappa shape index (κ3) is 4.94. The van der Waals surface area contributed by atoms with E-state index in [2.05, 4.69) is 63.3 Å².